The van der Waals surface area contributed by atoms with E-state index in [0.29, 0.717) is 12.3 Å². The number of carbonyl (C=O) groups is 1. The lowest BCUT2D eigenvalue weighted by Gasteiger charge is -2.11. The minimum Gasteiger partial charge on any atom is -0.294 e. The van der Waals surface area contributed by atoms with E-state index in [2.05, 4.69) is 18.8 Å². The number of hydrogen-bond acceptors (Lipinski definition) is 2. The highest BCUT2D eigenvalue weighted by molar-refractivity contribution is 5.97. The number of nitrogens with zero attached hydrogens (tertiary/aromatic N) is 1. The van der Waals surface area contributed by atoms with E-state index in [4.69, 9.17) is 0 Å². The van der Waals surface area contributed by atoms with Crippen LogP contribution in [0.15, 0.2) is 18.5 Å². The molecule has 1 rings (SSSR count). The molecule has 0 N–H and O–H groups in total. The van der Waals surface area contributed by atoms with Crippen molar-refractivity contribution in [3.8, 4) is 0 Å². The van der Waals surface area contributed by atoms with Gasteiger partial charge in [-0.3, -0.25) is 9.78 Å². The first-order chi connectivity index (χ1) is 7.19. The van der Waals surface area contributed by atoms with Crippen LogP contribution in [0, 0.1) is 12.8 Å². The average molecular weight is 205 g/mol. The van der Waals surface area contributed by atoms with Crippen molar-refractivity contribution < 1.29 is 4.79 Å². The first-order valence-electron chi connectivity index (χ1n) is 5.62. The Morgan fingerprint density at radius 3 is 2.60 bits per heavy atom. The molecule has 0 aliphatic heterocycles. The predicted molar refractivity (Wildman–Crippen MR) is 62.0 cm³/mol. The fourth-order valence-electron chi connectivity index (χ4n) is 1.74. The maximum Gasteiger partial charge on any atom is 0.163 e. The van der Waals surface area contributed by atoms with Crippen LogP contribution in [0.1, 0.15) is 49.0 Å². The lowest BCUT2D eigenvalue weighted by molar-refractivity contribution is 0.0958. The van der Waals surface area contributed by atoms with Crippen molar-refractivity contribution in [2.75, 3.05) is 0 Å². The van der Waals surface area contributed by atoms with E-state index in [1.807, 2.05) is 13.0 Å². The van der Waals surface area contributed by atoms with Crippen LogP contribution in [-0.2, 0) is 0 Å². The fraction of sp³-hybridized carbons (Fsp3) is 0.538. The molecule has 0 aromatic carbocycles. The molecular weight excluding hydrogens is 186 g/mol. The molecule has 0 bridgehead atoms. The Bertz CT molecular complexity index is 329. The highest BCUT2D eigenvalue weighted by Crippen LogP contribution is 2.17. The smallest absolute Gasteiger partial charge is 0.163 e. The van der Waals surface area contributed by atoms with Crippen molar-refractivity contribution >= 4 is 5.78 Å². The Kier molecular flexibility index (Phi) is 4.47. The van der Waals surface area contributed by atoms with Crippen LogP contribution < -0.4 is 0 Å². The summed E-state index contributed by atoms with van der Waals surface area (Å²) < 4.78 is 0. The van der Waals surface area contributed by atoms with Gasteiger partial charge in [0, 0.05) is 24.4 Å². The lowest BCUT2D eigenvalue weighted by atomic mass is 9.93. The quantitative estimate of drug-likeness (QED) is 0.689. The van der Waals surface area contributed by atoms with Crippen LogP contribution in [0.5, 0.6) is 0 Å². The normalized spacial score (nSPS) is 10.7. The molecule has 1 aromatic rings. The minimum atomic E-state index is 0.253. The van der Waals surface area contributed by atoms with Gasteiger partial charge in [0.1, 0.15) is 0 Å². The van der Waals surface area contributed by atoms with Gasteiger partial charge in [-0.25, -0.2) is 0 Å². The van der Waals surface area contributed by atoms with Gasteiger partial charge < -0.3 is 0 Å². The van der Waals surface area contributed by atoms with E-state index in [9.17, 15) is 4.79 Å². The van der Waals surface area contributed by atoms with Crippen LogP contribution in [0.4, 0.5) is 0 Å². The maximum atomic E-state index is 12.0. The SMILES string of the molecule is CCC(CC)CC(=O)c1ccncc1C. The zero-order valence-corrected chi connectivity index (χ0v) is 9.79. The lowest BCUT2D eigenvalue weighted by Crippen LogP contribution is -2.09. The highest BCUT2D eigenvalue weighted by atomic mass is 16.1. The molecule has 0 saturated heterocycles. The molecule has 0 unspecified atom stereocenters. The molecule has 82 valence electrons. The van der Waals surface area contributed by atoms with E-state index in [-0.39, 0.29) is 5.78 Å². The van der Waals surface area contributed by atoms with Gasteiger partial charge >= 0.3 is 0 Å². The highest BCUT2D eigenvalue weighted by Gasteiger charge is 2.13. The van der Waals surface area contributed by atoms with Crippen LogP contribution in [0.3, 0.4) is 0 Å². The zero-order valence-electron chi connectivity index (χ0n) is 9.79. The van der Waals surface area contributed by atoms with Crippen molar-refractivity contribution in [2.45, 2.75) is 40.0 Å². The Labute approximate surface area is 91.7 Å². The standard InChI is InChI=1S/C13H19NO/c1-4-11(5-2)8-13(15)12-6-7-14-9-10(12)3/h6-7,9,11H,4-5,8H2,1-3H3. The molecule has 0 atom stereocenters. The Morgan fingerprint density at radius 1 is 1.40 bits per heavy atom. The number of hydrogen-bond donors (Lipinski definition) is 0. The first kappa shape index (κ1) is 11.9. The van der Waals surface area contributed by atoms with Gasteiger partial charge in [0.15, 0.2) is 5.78 Å². The van der Waals surface area contributed by atoms with Gasteiger partial charge in [0.25, 0.3) is 0 Å². The molecule has 0 aliphatic rings. The molecule has 0 fully saturated rings. The van der Waals surface area contributed by atoms with Gasteiger partial charge in [-0.15, -0.1) is 0 Å². The molecule has 2 heteroatoms. The maximum absolute atomic E-state index is 12.0. The molecule has 1 heterocycles. The predicted octanol–water partition coefficient (Wildman–Crippen LogP) is 3.40. The first-order valence-corrected chi connectivity index (χ1v) is 5.62. The third kappa shape index (κ3) is 3.15. The molecule has 0 saturated carbocycles. The van der Waals surface area contributed by atoms with Crippen molar-refractivity contribution in [3.63, 3.8) is 0 Å². The average Bonchev–Trinajstić information content (AvgIpc) is 2.26. The molecule has 0 spiro atoms. The third-order valence-electron chi connectivity index (χ3n) is 2.95. The van der Waals surface area contributed by atoms with Crippen molar-refractivity contribution in [1.29, 1.82) is 0 Å². The van der Waals surface area contributed by atoms with Gasteiger partial charge in [0.05, 0.1) is 0 Å². The Balaban J connectivity index is 2.73. The summed E-state index contributed by atoms with van der Waals surface area (Å²) >= 11 is 0. The summed E-state index contributed by atoms with van der Waals surface area (Å²) in [4.78, 5) is 16.0. The summed E-state index contributed by atoms with van der Waals surface area (Å²) in [5.74, 6) is 0.772. The van der Waals surface area contributed by atoms with E-state index in [0.717, 1.165) is 24.0 Å². The number of rotatable bonds is 5. The number of aryl methyl sites for hydroxylation is 1. The summed E-state index contributed by atoms with van der Waals surface area (Å²) in [7, 11) is 0. The molecular formula is C13H19NO. The largest absolute Gasteiger partial charge is 0.294 e. The molecule has 2 nitrogen and oxygen atoms in total. The van der Waals surface area contributed by atoms with Crippen molar-refractivity contribution in [2.24, 2.45) is 5.92 Å². The van der Waals surface area contributed by atoms with E-state index < -0.39 is 0 Å². The topological polar surface area (TPSA) is 30.0 Å². The molecule has 15 heavy (non-hydrogen) atoms. The summed E-state index contributed by atoms with van der Waals surface area (Å²) in [6.07, 6.45) is 6.25. The molecule has 0 aliphatic carbocycles. The summed E-state index contributed by atoms with van der Waals surface area (Å²) in [6.45, 7) is 6.22. The Morgan fingerprint density at radius 2 is 2.07 bits per heavy atom. The Hall–Kier alpha value is -1.18. The van der Waals surface area contributed by atoms with E-state index >= 15 is 0 Å². The van der Waals surface area contributed by atoms with E-state index in [1.54, 1.807) is 12.4 Å². The van der Waals surface area contributed by atoms with Crippen LogP contribution >= 0.6 is 0 Å². The second-order valence-electron chi connectivity index (χ2n) is 4.00. The summed E-state index contributed by atoms with van der Waals surface area (Å²) in [5.41, 5.74) is 1.81. The molecule has 0 amide bonds. The van der Waals surface area contributed by atoms with Crippen molar-refractivity contribution in [3.05, 3.63) is 29.6 Å². The summed E-state index contributed by atoms with van der Waals surface area (Å²) in [5, 5.41) is 0. The van der Waals surface area contributed by atoms with Crippen molar-refractivity contribution in [1.82, 2.24) is 4.98 Å². The number of Topliss-reactive ketones (excluding diaryl/α,β-unsaturated/α-hetero) is 1. The summed E-state index contributed by atoms with van der Waals surface area (Å²) in [6, 6.07) is 1.82. The number of aromatic nitrogens is 1. The third-order valence-corrected chi connectivity index (χ3v) is 2.95. The van der Waals surface area contributed by atoms with Crippen LogP contribution in [0.2, 0.25) is 0 Å². The van der Waals surface area contributed by atoms with Gasteiger partial charge in [-0.05, 0) is 24.5 Å². The molecule has 0 radical (unpaired) electrons. The number of ketones is 1. The van der Waals surface area contributed by atoms with Gasteiger partial charge in [-0.2, -0.15) is 0 Å². The van der Waals surface area contributed by atoms with Gasteiger partial charge in [0.2, 0.25) is 0 Å². The molecule has 1 aromatic heterocycles. The van der Waals surface area contributed by atoms with E-state index in [1.165, 1.54) is 0 Å². The second kappa shape index (κ2) is 5.64. The fourth-order valence-corrected chi connectivity index (χ4v) is 1.74. The second-order valence-corrected chi connectivity index (χ2v) is 4.00. The van der Waals surface area contributed by atoms with Crippen LogP contribution in [0.25, 0.3) is 0 Å². The monoisotopic (exact) mass is 205 g/mol. The van der Waals surface area contributed by atoms with Gasteiger partial charge in [-0.1, -0.05) is 26.7 Å². The zero-order chi connectivity index (χ0) is 11.3. The van der Waals surface area contributed by atoms with Crippen LogP contribution in [-0.4, -0.2) is 10.8 Å². The number of pyridine rings is 1. The minimum absolute atomic E-state index is 0.253. The number of carbonyl (C=O) groups excluding carboxylic acids is 1.